The van der Waals surface area contributed by atoms with Crippen LogP contribution in [0.1, 0.15) is 41.4 Å². The molecule has 0 aliphatic carbocycles. The summed E-state index contributed by atoms with van der Waals surface area (Å²) in [6, 6.07) is 10.9. The Balaban J connectivity index is 1.85. The van der Waals surface area contributed by atoms with Gasteiger partial charge in [-0.05, 0) is 43.2 Å². The summed E-state index contributed by atoms with van der Waals surface area (Å²) < 4.78 is 1.77. The lowest BCUT2D eigenvalue weighted by atomic mass is 10.1. The van der Waals surface area contributed by atoms with E-state index in [2.05, 4.69) is 10.1 Å². The summed E-state index contributed by atoms with van der Waals surface area (Å²) in [5, 5.41) is 13.7. The van der Waals surface area contributed by atoms with E-state index in [4.69, 9.17) is 0 Å². The minimum Gasteiger partial charge on any atom is -0.508 e. The van der Waals surface area contributed by atoms with E-state index in [9.17, 15) is 9.90 Å². The van der Waals surface area contributed by atoms with Crippen LogP contribution in [0.3, 0.4) is 0 Å². The molecule has 1 N–H and O–H groups in total. The van der Waals surface area contributed by atoms with Gasteiger partial charge in [-0.3, -0.25) is 14.5 Å². The summed E-state index contributed by atoms with van der Waals surface area (Å²) in [5.41, 5.74) is 2.45. The van der Waals surface area contributed by atoms with Crippen molar-refractivity contribution in [3.63, 3.8) is 0 Å². The van der Waals surface area contributed by atoms with Crippen LogP contribution in [0.5, 0.6) is 5.75 Å². The van der Waals surface area contributed by atoms with E-state index in [0.717, 1.165) is 11.1 Å². The number of pyridine rings is 1. The van der Waals surface area contributed by atoms with Gasteiger partial charge in [-0.25, -0.2) is 0 Å². The molecule has 0 atom stereocenters. The summed E-state index contributed by atoms with van der Waals surface area (Å²) in [7, 11) is 0. The van der Waals surface area contributed by atoms with Crippen molar-refractivity contribution in [3.8, 4) is 5.75 Å². The minimum absolute atomic E-state index is 0.0890. The summed E-state index contributed by atoms with van der Waals surface area (Å²) in [6.07, 6.45) is 6.85. The van der Waals surface area contributed by atoms with Crippen molar-refractivity contribution in [1.82, 2.24) is 19.7 Å². The lowest BCUT2D eigenvalue weighted by Gasteiger charge is -2.22. The lowest BCUT2D eigenvalue weighted by molar-refractivity contribution is 0.0729. The second-order valence-corrected chi connectivity index (χ2v) is 6.49. The Morgan fingerprint density at radius 2 is 1.85 bits per heavy atom. The Bertz CT molecular complexity index is 857. The smallest absolute Gasteiger partial charge is 0.257 e. The van der Waals surface area contributed by atoms with Gasteiger partial charge < -0.3 is 10.0 Å². The molecule has 0 aliphatic rings. The molecule has 3 aromatic rings. The van der Waals surface area contributed by atoms with E-state index in [-0.39, 0.29) is 17.7 Å². The average molecular weight is 350 g/mol. The molecule has 0 fully saturated rings. The number of amides is 1. The van der Waals surface area contributed by atoms with Crippen molar-refractivity contribution in [2.24, 2.45) is 0 Å². The van der Waals surface area contributed by atoms with E-state index in [1.54, 1.807) is 46.5 Å². The Labute approximate surface area is 152 Å². The number of hydrogen-bond acceptors (Lipinski definition) is 4. The molecule has 0 spiro atoms. The second kappa shape index (κ2) is 7.82. The Kier molecular flexibility index (Phi) is 5.31. The average Bonchev–Trinajstić information content (AvgIpc) is 3.14. The number of carbonyl (C=O) groups is 1. The van der Waals surface area contributed by atoms with Crippen molar-refractivity contribution >= 4 is 5.91 Å². The molecule has 2 heterocycles. The predicted molar refractivity (Wildman–Crippen MR) is 98.5 cm³/mol. The Morgan fingerprint density at radius 1 is 1.12 bits per heavy atom. The highest BCUT2D eigenvalue weighted by Crippen LogP contribution is 2.17. The Morgan fingerprint density at radius 3 is 2.46 bits per heavy atom. The molecule has 6 nitrogen and oxygen atoms in total. The maximum Gasteiger partial charge on any atom is 0.257 e. The van der Waals surface area contributed by atoms with Crippen LogP contribution in [-0.4, -0.2) is 30.7 Å². The fourth-order valence-corrected chi connectivity index (χ4v) is 2.65. The normalized spacial score (nSPS) is 10.9. The van der Waals surface area contributed by atoms with E-state index in [1.165, 1.54) is 0 Å². The first-order valence-corrected chi connectivity index (χ1v) is 8.53. The quantitative estimate of drug-likeness (QED) is 0.739. The van der Waals surface area contributed by atoms with Crippen molar-refractivity contribution in [3.05, 3.63) is 77.9 Å². The molecule has 1 aromatic carbocycles. The van der Waals surface area contributed by atoms with Gasteiger partial charge in [-0.2, -0.15) is 5.10 Å². The van der Waals surface area contributed by atoms with Gasteiger partial charge in [0, 0.05) is 37.7 Å². The van der Waals surface area contributed by atoms with Crippen LogP contribution in [0.25, 0.3) is 0 Å². The van der Waals surface area contributed by atoms with Crippen LogP contribution < -0.4 is 0 Å². The highest BCUT2D eigenvalue weighted by molar-refractivity contribution is 5.93. The topological polar surface area (TPSA) is 71.2 Å². The van der Waals surface area contributed by atoms with Crippen molar-refractivity contribution in [2.75, 3.05) is 0 Å². The first kappa shape index (κ1) is 17.7. The highest BCUT2D eigenvalue weighted by Gasteiger charge is 2.19. The third-order valence-corrected chi connectivity index (χ3v) is 4.07. The van der Waals surface area contributed by atoms with Gasteiger partial charge in [0.25, 0.3) is 5.91 Å². The molecule has 0 unspecified atom stereocenters. The van der Waals surface area contributed by atoms with Gasteiger partial charge in [0.05, 0.1) is 11.8 Å². The number of benzene rings is 1. The first-order valence-electron chi connectivity index (χ1n) is 8.53. The van der Waals surface area contributed by atoms with Crippen LogP contribution in [0.4, 0.5) is 0 Å². The molecular formula is C20H22N4O2. The van der Waals surface area contributed by atoms with Gasteiger partial charge in [0.1, 0.15) is 5.75 Å². The van der Waals surface area contributed by atoms with Gasteiger partial charge in [0.2, 0.25) is 0 Å². The maximum atomic E-state index is 13.1. The Hall–Kier alpha value is -3.15. The largest absolute Gasteiger partial charge is 0.508 e. The van der Waals surface area contributed by atoms with E-state index in [0.29, 0.717) is 18.7 Å². The first-order chi connectivity index (χ1) is 12.5. The number of aromatic hydroxyl groups is 1. The van der Waals surface area contributed by atoms with Gasteiger partial charge >= 0.3 is 0 Å². The monoisotopic (exact) mass is 350 g/mol. The zero-order valence-corrected chi connectivity index (χ0v) is 14.9. The molecule has 0 saturated heterocycles. The molecule has 6 heteroatoms. The van der Waals surface area contributed by atoms with Crippen molar-refractivity contribution in [1.29, 1.82) is 0 Å². The van der Waals surface area contributed by atoms with Gasteiger partial charge in [0.15, 0.2) is 0 Å². The van der Waals surface area contributed by atoms with Crippen LogP contribution in [-0.2, 0) is 13.1 Å². The van der Waals surface area contributed by atoms with Crippen LogP contribution in [0.15, 0.2) is 61.2 Å². The standard InChI is InChI=1S/C20H22N4O2/c1-15(2)24-14-18(11-22-24)20(26)23(13-17-4-3-9-21-10-17)12-16-5-7-19(25)8-6-16/h3-11,14-15,25H,12-13H2,1-2H3. The molecule has 2 aromatic heterocycles. The summed E-state index contributed by atoms with van der Waals surface area (Å²) in [5.74, 6) is 0.117. The molecule has 0 aliphatic heterocycles. The van der Waals surface area contributed by atoms with E-state index < -0.39 is 0 Å². The van der Waals surface area contributed by atoms with E-state index >= 15 is 0 Å². The zero-order valence-electron chi connectivity index (χ0n) is 14.9. The molecule has 26 heavy (non-hydrogen) atoms. The van der Waals surface area contributed by atoms with Crippen LogP contribution in [0, 0.1) is 0 Å². The number of aromatic nitrogens is 3. The molecule has 0 bridgehead atoms. The number of hydrogen-bond donors (Lipinski definition) is 1. The minimum atomic E-state index is -0.0890. The SMILES string of the molecule is CC(C)n1cc(C(=O)N(Cc2ccc(O)cc2)Cc2cccnc2)cn1. The predicted octanol–water partition coefficient (Wildman–Crippen LogP) is 3.41. The number of rotatable bonds is 6. The van der Waals surface area contributed by atoms with Gasteiger partial charge in [-0.1, -0.05) is 18.2 Å². The third kappa shape index (κ3) is 4.27. The number of phenols is 1. The van der Waals surface area contributed by atoms with Crippen LogP contribution >= 0.6 is 0 Å². The number of carbonyl (C=O) groups excluding carboxylic acids is 1. The van der Waals surface area contributed by atoms with E-state index in [1.807, 2.05) is 38.1 Å². The van der Waals surface area contributed by atoms with Crippen LogP contribution in [0.2, 0.25) is 0 Å². The molecule has 0 saturated carbocycles. The molecule has 0 radical (unpaired) electrons. The molecule has 134 valence electrons. The molecule has 1 amide bonds. The fraction of sp³-hybridized carbons (Fsp3) is 0.250. The maximum absolute atomic E-state index is 13.1. The molecule has 3 rings (SSSR count). The number of nitrogens with zero attached hydrogens (tertiary/aromatic N) is 4. The summed E-state index contributed by atoms with van der Waals surface area (Å²) >= 11 is 0. The number of phenolic OH excluding ortho intramolecular Hbond substituents is 1. The zero-order chi connectivity index (χ0) is 18.5. The summed E-state index contributed by atoms with van der Waals surface area (Å²) in [6.45, 7) is 4.91. The van der Waals surface area contributed by atoms with Crippen molar-refractivity contribution < 1.29 is 9.90 Å². The summed E-state index contributed by atoms with van der Waals surface area (Å²) in [4.78, 5) is 18.9. The van der Waals surface area contributed by atoms with Gasteiger partial charge in [-0.15, -0.1) is 0 Å². The molecular weight excluding hydrogens is 328 g/mol. The fourth-order valence-electron chi connectivity index (χ4n) is 2.65. The van der Waals surface area contributed by atoms with Crippen molar-refractivity contribution in [2.45, 2.75) is 33.0 Å². The lowest BCUT2D eigenvalue weighted by Crippen LogP contribution is -2.30. The third-order valence-electron chi connectivity index (χ3n) is 4.07. The second-order valence-electron chi connectivity index (χ2n) is 6.49. The highest BCUT2D eigenvalue weighted by atomic mass is 16.3.